The van der Waals surface area contributed by atoms with Crippen molar-refractivity contribution in [2.45, 2.75) is 39.5 Å². The van der Waals surface area contributed by atoms with E-state index in [9.17, 15) is 0 Å². The molecule has 0 bridgehead atoms. The molecule has 12 heavy (non-hydrogen) atoms. The van der Waals surface area contributed by atoms with Gasteiger partial charge in [0.2, 0.25) is 0 Å². The zero-order chi connectivity index (χ0) is 9.66. The summed E-state index contributed by atoms with van der Waals surface area (Å²) in [6.07, 6.45) is 10.0. The second-order valence-corrected chi connectivity index (χ2v) is 2.39. The molecular weight excluding hydrogens is 152 g/mol. The Hall–Kier alpha value is -0.340. The van der Waals surface area contributed by atoms with Gasteiger partial charge in [-0.05, 0) is 39.5 Å². The van der Waals surface area contributed by atoms with Gasteiger partial charge in [-0.2, -0.15) is 0 Å². The van der Waals surface area contributed by atoms with Crippen LogP contribution in [-0.4, -0.2) is 23.4 Å². The standard InChI is InChI=1S/C6H10.2C2H6O/c1-2-4-6-5-3-1;2*1-2-3/h1-2H,3-6H2;2*3H,2H2,1H3. The van der Waals surface area contributed by atoms with Crippen LogP contribution in [0.3, 0.4) is 0 Å². The van der Waals surface area contributed by atoms with Crippen molar-refractivity contribution in [3.05, 3.63) is 12.2 Å². The zero-order valence-corrected chi connectivity index (χ0v) is 8.29. The van der Waals surface area contributed by atoms with Gasteiger partial charge >= 0.3 is 0 Å². The second kappa shape index (κ2) is 17.0. The van der Waals surface area contributed by atoms with Crippen LogP contribution in [0.15, 0.2) is 12.2 Å². The Morgan fingerprint density at radius 2 is 1.17 bits per heavy atom. The highest BCUT2D eigenvalue weighted by Crippen LogP contribution is 2.07. The molecule has 2 heteroatoms. The smallest absolute Gasteiger partial charge is 0.0402 e. The fraction of sp³-hybridized carbons (Fsp3) is 0.800. The highest BCUT2D eigenvalue weighted by Gasteiger charge is 1.87. The van der Waals surface area contributed by atoms with Gasteiger partial charge in [-0.15, -0.1) is 0 Å². The Morgan fingerprint density at radius 1 is 0.917 bits per heavy atom. The Kier molecular flexibility index (Phi) is 20.1. The van der Waals surface area contributed by atoms with Crippen LogP contribution < -0.4 is 0 Å². The minimum Gasteiger partial charge on any atom is -0.397 e. The summed E-state index contributed by atoms with van der Waals surface area (Å²) >= 11 is 0. The molecule has 1 rings (SSSR count). The third-order valence-corrected chi connectivity index (χ3v) is 1.16. The van der Waals surface area contributed by atoms with Crippen LogP contribution >= 0.6 is 0 Å². The fourth-order valence-corrected chi connectivity index (χ4v) is 0.760. The Morgan fingerprint density at radius 3 is 1.25 bits per heavy atom. The van der Waals surface area contributed by atoms with Crippen LogP contribution in [0.5, 0.6) is 0 Å². The van der Waals surface area contributed by atoms with Crippen LogP contribution in [0.25, 0.3) is 0 Å². The third kappa shape index (κ3) is 22.6. The van der Waals surface area contributed by atoms with E-state index in [1.807, 2.05) is 0 Å². The normalized spacial score (nSPS) is 13.7. The fourth-order valence-electron chi connectivity index (χ4n) is 0.760. The van der Waals surface area contributed by atoms with Crippen molar-refractivity contribution in [3.8, 4) is 0 Å². The van der Waals surface area contributed by atoms with Gasteiger partial charge < -0.3 is 10.2 Å². The van der Waals surface area contributed by atoms with Crippen LogP contribution in [0, 0.1) is 0 Å². The SMILES string of the molecule is C1=CCCCC1.CCO.CCO. The van der Waals surface area contributed by atoms with E-state index >= 15 is 0 Å². The first-order chi connectivity index (χ1) is 5.83. The van der Waals surface area contributed by atoms with Crippen molar-refractivity contribution in [2.75, 3.05) is 13.2 Å². The van der Waals surface area contributed by atoms with Crippen LogP contribution in [0.4, 0.5) is 0 Å². The monoisotopic (exact) mass is 174 g/mol. The van der Waals surface area contributed by atoms with E-state index in [0.717, 1.165) is 0 Å². The first-order valence-electron chi connectivity index (χ1n) is 4.70. The molecule has 1 aliphatic rings. The molecule has 0 spiro atoms. The van der Waals surface area contributed by atoms with Crippen molar-refractivity contribution in [1.82, 2.24) is 0 Å². The summed E-state index contributed by atoms with van der Waals surface area (Å²) in [6.45, 7) is 3.86. The summed E-state index contributed by atoms with van der Waals surface area (Å²) in [5, 5.41) is 15.1. The lowest BCUT2D eigenvalue weighted by molar-refractivity contribution is 0.318. The Bertz CT molecular complexity index is 69.9. The average Bonchev–Trinajstić information content (AvgIpc) is 2.10. The molecule has 0 radical (unpaired) electrons. The highest BCUT2D eigenvalue weighted by molar-refractivity contribution is 4.85. The van der Waals surface area contributed by atoms with Crippen molar-refractivity contribution >= 4 is 0 Å². The molecule has 0 unspecified atom stereocenters. The Labute approximate surface area is 75.9 Å². The average molecular weight is 174 g/mol. The van der Waals surface area contributed by atoms with Gasteiger partial charge in [0.05, 0.1) is 0 Å². The molecule has 0 saturated carbocycles. The van der Waals surface area contributed by atoms with Crippen molar-refractivity contribution in [2.24, 2.45) is 0 Å². The van der Waals surface area contributed by atoms with E-state index in [1.165, 1.54) is 25.7 Å². The quantitative estimate of drug-likeness (QED) is 0.552. The van der Waals surface area contributed by atoms with E-state index < -0.39 is 0 Å². The lowest BCUT2D eigenvalue weighted by Crippen LogP contribution is -1.77. The second-order valence-electron chi connectivity index (χ2n) is 2.39. The number of rotatable bonds is 0. The van der Waals surface area contributed by atoms with Gasteiger partial charge in [0.25, 0.3) is 0 Å². The van der Waals surface area contributed by atoms with Gasteiger partial charge in [-0.25, -0.2) is 0 Å². The van der Waals surface area contributed by atoms with Gasteiger partial charge in [0, 0.05) is 13.2 Å². The first kappa shape index (κ1) is 14.2. The molecule has 0 amide bonds. The zero-order valence-electron chi connectivity index (χ0n) is 8.29. The van der Waals surface area contributed by atoms with Crippen molar-refractivity contribution < 1.29 is 10.2 Å². The van der Waals surface area contributed by atoms with E-state index in [0.29, 0.717) is 0 Å². The van der Waals surface area contributed by atoms with Crippen LogP contribution in [0.1, 0.15) is 39.5 Å². The van der Waals surface area contributed by atoms with Gasteiger partial charge in [0.15, 0.2) is 0 Å². The lowest BCUT2D eigenvalue weighted by Gasteiger charge is -1.97. The summed E-state index contributed by atoms with van der Waals surface area (Å²) in [7, 11) is 0. The summed E-state index contributed by atoms with van der Waals surface area (Å²) in [6, 6.07) is 0. The largest absolute Gasteiger partial charge is 0.397 e. The summed E-state index contributed by atoms with van der Waals surface area (Å²) < 4.78 is 0. The molecule has 0 aromatic heterocycles. The number of allylic oxidation sites excluding steroid dienone is 2. The maximum Gasteiger partial charge on any atom is 0.0402 e. The minimum atomic E-state index is 0.250. The predicted octanol–water partition coefficient (Wildman–Crippen LogP) is 2.11. The molecule has 0 aliphatic heterocycles. The number of hydrogen-bond acceptors (Lipinski definition) is 2. The van der Waals surface area contributed by atoms with E-state index in [-0.39, 0.29) is 13.2 Å². The number of aliphatic hydroxyl groups is 2. The van der Waals surface area contributed by atoms with Crippen LogP contribution in [-0.2, 0) is 0 Å². The first-order valence-corrected chi connectivity index (χ1v) is 4.70. The molecule has 0 aromatic rings. The predicted molar refractivity (Wildman–Crippen MR) is 53.1 cm³/mol. The molecule has 0 atom stereocenters. The van der Waals surface area contributed by atoms with Gasteiger partial charge in [-0.3, -0.25) is 0 Å². The molecule has 2 N–H and O–H groups in total. The summed E-state index contributed by atoms with van der Waals surface area (Å²) in [5.74, 6) is 0. The maximum absolute atomic E-state index is 7.57. The Balaban J connectivity index is 0. The van der Waals surface area contributed by atoms with Crippen LogP contribution in [0.2, 0.25) is 0 Å². The van der Waals surface area contributed by atoms with Gasteiger partial charge in [-0.1, -0.05) is 12.2 Å². The van der Waals surface area contributed by atoms with Crippen molar-refractivity contribution in [1.29, 1.82) is 0 Å². The molecule has 74 valence electrons. The maximum atomic E-state index is 7.57. The summed E-state index contributed by atoms with van der Waals surface area (Å²) in [4.78, 5) is 0. The van der Waals surface area contributed by atoms with E-state index in [1.54, 1.807) is 13.8 Å². The van der Waals surface area contributed by atoms with E-state index in [4.69, 9.17) is 10.2 Å². The number of hydrogen-bond donors (Lipinski definition) is 2. The molecule has 0 heterocycles. The number of aliphatic hydroxyl groups excluding tert-OH is 2. The molecule has 0 saturated heterocycles. The molecule has 2 nitrogen and oxygen atoms in total. The molecule has 0 aromatic carbocycles. The molecular formula is C10H22O2. The summed E-state index contributed by atoms with van der Waals surface area (Å²) in [5.41, 5.74) is 0. The highest BCUT2D eigenvalue weighted by atomic mass is 16.3. The third-order valence-electron chi connectivity index (χ3n) is 1.16. The molecule has 0 fully saturated rings. The van der Waals surface area contributed by atoms with E-state index in [2.05, 4.69) is 12.2 Å². The van der Waals surface area contributed by atoms with Gasteiger partial charge in [0.1, 0.15) is 0 Å². The molecule has 1 aliphatic carbocycles. The minimum absolute atomic E-state index is 0.250. The topological polar surface area (TPSA) is 40.5 Å². The van der Waals surface area contributed by atoms with Crippen molar-refractivity contribution in [3.63, 3.8) is 0 Å². The lowest BCUT2D eigenvalue weighted by atomic mass is 10.1.